The van der Waals surface area contributed by atoms with Crippen LogP contribution in [0.3, 0.4) is 0 Å². The maximum absolute atomic E-state index is 9.89. The maximum atomic E-state index is 9.89. The predicted octanol–water partition coefficient (Wildman–Crippen LogP) is 2.33. The first-order chi connectivity index (χ1) is 10.7. The van der Waals surface area contributed by atoms with Gasteiger partial charge in [0.05, 0.1) is 18.8 Å². The number of aromatic hydroxyl groups is 1. The molecule has 3 rings (SSSR count). The van der Waals surface area contributed by atoms with E-state index in [0.29, 0.717) is 0 Å². The molecule has 1 aromatic heterocycles. The topological polar surface area (TPSA) is 52.0 Å². The summed E-state index contributed by atoms with van der Waals surface area (Å²) in [6.07, 6.45) is 1.82. The summed E-state index contributed by atoms with van der Waals surface area (Å²) in [5, 5.41) is 16.6. The lowest BCUT2D eigenvalue weighted by atomic mass is 10.1. The molecule has 0 bridgehead atoms. The van der Waals surface area contributed by atoms with Gasteiger partial charge in [-0.3, -0.25) is 5.01 Å². The number of rotatable bonds is 3. The van der Waals surface area contributed by atoms with Crippen molar-refractivity contribution >= 4 is 11.5 Å². The molecule has 1 aromatic carbocycles. The number of para-hydroxylation sites is 1. The summed E-state index contributed by atoms with van der Waals surface area (Å²) >= 11 is 0. The summed E-state index contributed by atoms with van der Waals surface area (Å²) in [6, 6.07) is 13.3. The van der Waals surface area contributed by atoms with Gasteiger partial charge in [0, 0.05) is 24.8 Å². The SMILES string of the molecule is C/C(=N/N1CCN(c2ccccn2)CC1)c1ccccc1O. The van der Waals surface area contributed by atoms with Gasteiger partial charge in [0.1, 0.15) is 11.6 Å². The predicted molar refractivity (Wildman–Crippen MR) is 88.3 cm³/mol. The quantitative estimate of drug-likeness (QED) is 0.883. The lowest BCUT2D eigenvalue weighted by Gasteiger charge is -2.34. The van der Waals surface area contributed by atoms with E-state index in [2.05, 4.69) is 20.0 Å². The molecule has 1 saturated heterocycles. The van der Waals surface area contributed by atoms with Crippen molar-refractivity contribution in [3.8, 4) is 5.75 Å². The van der Waals surface area contributed by atoms with Crippen LogP contribution in [-0.4, -0.2) is 47.0 Å². The first-order valence-corrected chi connectivity index (χ1v) is 7.48. The Bertz CT molecular complexity index is 649. The van der Waals surface area contributed by atoms with Crippen LogP contribution in [0, 0.1) is 0 Å². The zero-order valence-corrected chi connectivity index (χ0v) is 12.7. The average molecular weight is 296 g/mol. The molecule has 0 atom stereocenters. The molecule has 0 aliphatic carbocycles. The van der Waals surface area contributed by atoms with Gasteiger partial charge in [0.2, 0.25) is 0 Å². The molecule has 22 heavy (non-hydrogen) atoms. The Balaban J connectivity index is 1.64. The summed E-state index contributed by atoms with van der Waals surface area (Å²) in [6.45, 7) is 5.42. The molecule has 114 valence electrons. The molecule has 0 spiro atoms. The summed E-state index contributed by atoms with van der Waals surface area (Å²) in [5.74, 6) is 1.29. The number of anilines is 1. The van der Waals surface area contributed by atoms with Gasteiger partial charge in [-0.1, -0.05) is 18.2 Å². The van der Waals surface area contributed by atoms with E-state index in [0.717, 1.165) is 43.3 Å². The Kier molecular flexibility index (Phi) is 4.23. The molecule has 0 amide bonds. The lowest BCUT2D eigenvalue weighted by Crippen LogP contribution is -2.44. The zero-order valence-electron chi connectivity index (χ0n) is 12.7. The van der Waals surface area contributed by atoms with Crippen LogP contribution in [0.5, 0.6) is 5.75 Å². The Morgan fingerprint density at radius 3 is 2.45 bits per heavy atom. The fourth-order valence-corrected chi connectivity index (χ4v) is 2.61. The van der Waals surface area contributed by atoms with Crippen molar-refractivity contribution in [1.82, 2.24) is 9.99 Å². The molecule has 1 N–H and O–H groups in total. The summed E-state index contributed by atoms with van der Waals surface area (Å²) in [4.78, 5) is 6.65. The third kappa shape index (κ3) is 3.19. The van der Waals surface area contributed by atoms with Crippen molar-refractivity contribution in [2.24, 2.45) is 5.10 Å². The van der Waals surface area contributed by atoms with Crippen LogP contribution in [0.15, 0.2) is 53.8 Å². The smallest absolute Gasteiger partial charge is 0.128 e. The molecule has 1 aliphatic heterocycles. The van der Waals surface area contributed by atoms with Crippen LogP contribution in [0.25, 0.3) is 0 Å². The number of hydrogen-bond donors (Lipinski definition) is 1. The number of aromatic nitrogens is 1. The van der Waals surface area contributed by atoms with Gasteiger partial charge < -0.3 is 10.0 Å². The number of piperazine rings is 1. The third-order valence-electron chi connectivity index (χ3n) is 3.81. The molecule has 0 saturated carbocycles. The van der Waals surface area contributed by atoms with Gasteiger partial charge in [0.15, 0.2) is 0 Å². The minimum absolute atomic E-state index is 0.274. The number of phenolic OH excluding ortho intramolecular Hbond substituents is 1. The number of pyridine rings is 1. The average Bonchev–Trinajstić information content (AvgIpc) is 2.57. The summed E-state index contributed by atoms with van der Waals surface area (Å²) in [7, 11) is 0. The normalized spacial score (nSPS) is 16.0. The van der Waals surface area contributed by atoms with E-state index in [-0.39, 0.29) is 5.75 Å². The molecule has 0 radical (unpaired) electrons. The van der Waals surface area contributed by atoms with Crippen LogP contribution < -0.4 is 4.90 Å². The van der Waals surface area contributed by atoms with Crippen LogP contribution in [0.2, 0.25) is 0 Å². The Morgan fingerprint density at radius 2 is 1.77 bits per heavy atom. The Labute approximate surface area is 130 Å². The van der Waals surface area contributed by atoms with E-state index in [4.69, 9.17) is 0 Å². The first-order valence-electron chi connectivity index (χ1n) is 7.48. The van der Waals surface area contributed by atoms with Crippen molar-refractivity contribution in [2.75, 3.05) is 31.1 Å². The molecule has 2 heterocycles. The highest BCUT2D eigenvalue weighted by molar-refractivity contribution is 6.00. The van der Waals surface area contributed by atoms with Crippen molar-refractivity contribution in [3.63, 3.8) is 0 Å². The van der Waals surface area contributed by atoms with Crippen LogP contribution in [0.1, 0.15) is 12.5 Å². The minimum atomic E-state index is 0.274. The van der Waals surface area contributed by atoms with E-state index in [1.807, 2.05) is 49.5 Å². The lowest BCUT2D eigenvalue weighted by molar-refractivity contribution is 0.270. The van der Waals surface area contributed by atoms with Gasteiger partial charge in [0.25, 0.3) is 0 Å². The van der Waals surface area contributed by atoms with E-state index < -0.39 is 0 Å². The van der Waals surface area contributed by atoms with Crippen LogP contribution >= 0.6 is 0 Å². The van der Waals surface area contributed by atoms with Gasteiger partial charge in [-0.25, -0.2) is 4.98 Å². The van der Waals surface area contributed by atoms with Crippen molar-refractivity contribution in [3.05, 3.63) is 54.2 Å². The fourth-order valence-electron chi connectivity index (χ4n) is 2.61. The molecular weight excluding hydrogens is 276 g/mol. The van der Waals surface area contributed by atoms with E-state index in [9.17, 15) is 5.11 Å². The number of nitrogens with zero attached hydrogens (tertiary/aromatic N) is 4. The van der Waals surface area contributed by atoms with Crippen molar-refractivity contribution < 1.29 is 5.11 Å². The molecule has 2 aromatic rings. The summed E-state index contributed by atoms with van der Waals surface area (Å²) < 4.78 is 0. The standard InChI is InChI=1S/C17H20N4O/c1-14(15-6-2-3-7-16(15)22)19-21-12-10-20(11-13-21)17-8-4-5-9-18-17/h2-9,22H,10-13H2,1H3/b19-14-. The molecule has 5 heteroatoms. The second kappa shape index (κ2) is 6.47. The second-order valence-electron chi connectivity index (χ2n) is 5.33. The van der Waals surface area contributed by atoms with Crippen molar-refractivity contribution in [2.45, 2.75) is 6.92 Å². The highest BCUT2D eigenvalue weighted by atomic mass is 16.3. The third-order valence-corrected chi connectivity index (χ3v) is 3.81. The molecular formula is C17H20N4O. The molecule has 1 aliphatic rings. The van der Waals surface area contributed by atoms with Crippen LogP contribution in [-0.2, 0) is 0 Å². The van der Waals surface area contributed by atoms with Gasteiger partial charge in [-0.05, 0) is 31.2 Å². The van der Waals surface area contributed by atoms with Crippen LogP contribution in [0.4, 0.5) is 5.82 Å². The minimum Gasteiger partial charge on any atom is -0.507 e. The van der Waals surface area contributed by atoms with E-state index in [1.54, 1.807) is 6.07 Å². The number of benzene rings is 1. The highest BCUT2D eigenvalue weighted by Crippen LogP contribution is 2.18. The zero-order chi connectivity index (χ0) is 15.4. The number of phenols is 1. The largest absolute Gasteiger partial charge is 0.507 e. The molecule has 1 fully saturated rings. The van der Waals surface area contributed by atoms with Gasteiger partial charge in [-0.15, -0.1) is 0 Å². The van der Waals surface area contributed by atoms with Gasteiger partial charge >= 0.3 is 0 Å². The maximum Gasteiger partial charge on any atom is 0.128 e. The molecule has 5 nitrogen and oxygen atoms in total. The Morgan fingerprint density at radius 1 is 1.05 bits per heavy atom. The van der Waals surface area contributed by atoms with E-state index in [1.165, 1.54) is 0 Å². The Hall–Kier alpha value is -2.56. The first kappa shape index (κ1) is 14.4. The fraction of sp³-hybridized carbons (Fsp3) is 0.294. The van der Waals surface area contributed by atoms with E-state index >= 15 is 0 Å². The highest BCUT2D eigenvalue weighted by Gasteiger charge is 2.17. The monoisotopic (exact) mass is 296 g/mol. The second-order valence-corrected chi connectivity index (χ2v) is 5.33. The molecule has 0 unspecified atom stereocenters. The van der Waals surface area contributed by atoms with Gasteiger partial charge in [-0.2, -0.15) is 5.10 Å². The van der Waals surface area contributed by atoms with Crippen molar-refractivity contribution in [1.29, 1.82) is 0 Å². The summed E-state index contributed by atoms with van der Waals surface area (Å²) in [5.41, 5.74) is 1.62. The number of hydrazone groups is 1. The number of hydrogen-bond acceptors (Lipinski definition) is 5.